The minimum Gasteiger partial charge on any atom is -0.507 e. The molecule has 2 saturated heterocycles. The number of aromatic hydroxyl groups is 6. The first kappa shape index (κ1) is 41.4. The second-order valence-electron chi connectivity index (χ2n) is 17.5. The van der Waals surface area contributed by atoms with Crippen molar-refractivity contribution in [1.82, 2.24) is 10.0 Å². The summed E-state index contributed by atoms with van der Waals surface area (Å²) < 4.78 is 11.3. The zero-order chi connectivity index (χ0) is 43.4. The van der Waals surface area contributed by atoms with E-state index in [-0.39, 0.29) is 74.9 Å². The molecule has 0 bridgehead atoms. The first-order valence-corrected chi connectivity index (χ1v) is 21.3. The van der Waals surface area contributed by atoms with Crippen molar-refractivity contribution < 1.29 is 39.5 Å². The molecular weight excluding hydrogens is 773 g/mol. The molecule has 6 N–H and O–H groups in total. The summed E-state index contributed by atoms with van der Waals surface area (Å²) in [5.74, 6) is -0.598. The zero-order valence-corrected chi connectivity index (χ0v) is 35.9. The van der Waals surface area contributed by atoms with Gasteiger partial charge in [0.2, 0.25) is 0 Å². The standard InChI is InChI=1S/C49H56N4O8/c1-25(2)38-34-19-27(5)40(46(56)42(34)36(44(54)48(38)58)23-50-52-16-8-11-30(52)21-32-12-9-17-60-32)41-28(6)20-35-39(26(3)4)49(59)45(55)37(43(35)47(41)57)24-51-53-29(7)14-15-31(53)22-33-13-10-18-61-33/h9-10,12-13,17-20,23-26,29-31,54-59H,8,11,14-16,21-22H2,1-7H3/t29-,30-,31-/m1/s1. The van der Waals surface area contributed by atoms with Crippen molar-refractivity contribution in [1.29, 1.82) is 0 Å². The Morgan fingerprint density at radius 2 is 1.15 bits per heavy atom. The molecule has 8 rings (SSSR count). The van der Waals surface area contributed by atoms with Crippen LogP contribution in [0.15, 0.2) is 68.0 Å². The molecule has 12 heteroatoms. The normalized spacial score (nSPS) is 18.5. The van der Waals surface area contributed by atoms with Crippen LogP contribution in [0.3, 0.4) is 0 Å². The third kappa shape index (κ3) is 7.25. The molecule has 6 aromatic rings. The third-order valence-electron chi connectivity index (χ3n) is 12.8. The third-order valence-corrected chi connectivity index (χ3v) is 12.8. The number of hydrogen-bond acceptors (Lipinski definition) is 12. The summed E-state index contributed by atoms with van der Waals surface area (Å²) in [6.45, 7) is 14.1. The number of phenols is 6. The molecule has 0 radical (unpaired) electrons. The van der Waals surface area contributed by atoms with E-state index in [4.69, 9.17) is 19.0 Å². The van der Waals surface area contributed by atoms with E-state index in [1.54, 1.807) is 12.5 Å². The fourth-order valence-corrected chi connectivity index (χ4v) is 9.84. The highest BCUT2D eigenvalue weighted by Gasteiger charge is 2.33. The molecule has 0 aliphatic carbocycles. The van der Waals surface area contributed by atoms with E-state index in [1.807, 2.05) is 88.0 Å². The van der Waals surface area contributed by atoms with Crippen molar-refractivity contribution in [2.45, 2.75) is 117 Å². The average molecular weight is 829 g/mol. The highest BCUT2D eigenvalue weighted by molar-refractivity contribution is 6.15. The second kappa shape index (κ2) is 16.3. The van der Waals surface area contributed by atoms with Crippen molar-refractivity contribution in [3.63, 3.8) is 0 Å². The van der Waals surface area contributed by atoms with Crippen LogP contribution in [0.5, 0.6) is 34.5 Å². The number of benzene rings is 4. The van der Waals surface area contributed by atoms with Crippen LogP contribution in [-0.2, 0) is 12.8 Å². The maximum Gasteiger partial charge on any atom is 0.167 e. The first-order chi connectivity index (χ1) is 29.2. The average Bonchev–Trinajstić information content (AvgIpc) is 4.05. The molecule has 320 valence electrons. The van der Waals surface area contributed by atoms with Crippen LogP contribution >= 0.6 is 0 Å². The van der Waals surface area contributed by atoms with E-state index in [2.05, 4.69) is 6.92 Å². The summed E-state index contributed by atoms with van der Waals surface area (Å²) in [7, 11) is 0. The minimum absolute atomic E-state index is 0.0367. The summed E-state index contributed by atoms with van der Waals surface area (Å²) in [6, 6.07) is 11.5. The van der Waals surface area contributed by atoms with Gasteiger partial charge in [-0.05, 0) is 104 Å². The van der Waals surface area contributed by atoms with Gasteiger partial charge in [0.15, 0.2) is 23.0 Å². The van der Waals surface area contributed by atoms with Gasteiger partial charge in [-0.1, -0.05) is 39.8 Å². The van der Waals surface area contributed by atoms with Gasteiger partial charge in [-0.2, -0.15) is 10.2 Å². The Labute approximate surface area is 355 Å². The topological polar surface area (TPSA) is 179 Å². The Balaban J connectivity index is 1.32. The molecule has 2 fully saturated rings. The van der Waals surface area contributed by atoms with Crippen LogP contribution in [0.2, 0.25) is 0 Å². The van der Waals surface area contributed by atoms with Gasteiger partial charge in [-0.3, -0.25) is 10.0 Å². The number of nitrogens with zero attached hydrogens (tertiary/aromatic N) is 4. The predicted molar refractivity (Wildman–Crippen MR) is 239 cm³/mol. The van der Waals surface area contributed by atoms with Gasteiger partial charge in [0.1, 0.15) is 23.0 Å². The predicted octanol–water partition coefficient (Wildman–Crippen LogP) is 10.4. The van der Waals surface area contributed by atoms with Crippen LogP contribution in [0.4, 0.5) is 0 Å². The van der Waals surface area contributed by atoms with Gasteiger partial charge in [0.25, 0.3) is 0 Å². The molecule has 3 atom stereocenters. The van der Waals surface area contributed by atoms with Crippen LogP contribution in [-0.4, -0.2) is 77.8 Å². The number of phenolic OH excluding ortho intramolecular Hbond substituents is 6. The van der Waals surface area contributed by atoms with Crippen molar-refractivity contribution in [3.8, 4) is 45.6 Å². The maximum absolute atomic E-state index is 12.6. The fourth-order valence-electron chi connectivity index (χ4n) is 9.84. The molecule has 4 aromatic carbocycles. The summed E-state index contributed by atoms with van der Waals surface area (Å²) in [6.07, 6.45) is 11.2. The molecule has 12 nitrogen and oxygen atoms in total. The highest BCUT2D eigenvalue weighted by atomic mass is 16.3. The van der Waals surface area contributed by atoms with E-state index in [0.717, 1.165) is 37.2 Å². The van der Waals surface area contributed by atoms with Crippen LogP contribution < -0.4 is 0 Å². The summed E-state index contributed by atoms with van der Waals surface area (Å²) >= 11 is 0. The molecule has 2 aliphatic heterocycles. The summed E-state index contributed by atoms with van der Waals surface area (Å²) in [4.78, 5) is 0. The Hall–Kier alpha value is -6.30. The maximum atomic E-state index is 12.6. The van der Waals surface area contributed by atoms with Crippen LogP contribution in [0.1, 0.15) is 117 Å². The van der Waals surface area contributed by atoms with Gasteiger partial charge < -0.3 is 39.5 Å². The number of hydrazone groups is 2. The largest absolute Gasteiger partial charge is 0.507 e. The van der Waals surface area contributed by atoms with E-state index >= 15 is 0 Å². The first-order valence-electron chi connectivity index (χ1n) is 21.3. The minimum atomic E-state index is -0.410. The van der Waals surface area contributed by atoms with Gasteiger partial charge in [-0.25, -0.2) is 0 Å². The quantitative estimate of drug-likeness (QED) is 0.0544. The van der Waals surface area contributed by atoms with Crippen molar-refractivity contribution in [2.24, 2.45) is 10.2 Å². The zero-order valence-electron chi connectivity index (χ0n) is 35.9. The Kier molecular flexibility index (Phi) is 11.1. The molecule has 61 heavy (non-hydrogen) atoms. The highest BCUT2D eigenvalue weighted by Crippen LogP contribution is 2.54. The Morgan fingerprint density at radius 1 is 0.656 bits per heavy atom. The Morgan fingerprint density at radius 3 is 1.62 bits per heavy atom. The van der Waals surface area contributed by atoms with Crippen molar-refractivity contribution >= 4 is 34.0 Å². The molecule has 0 spiro atoms. The Bertz CT molecular complexity index is 2660. The number of fused-ring (bicyclic) bond motifs is 2. The SMILES string of the molecule is Cc1cc2c(C(C)C)c(O)c(O)c(C=NN3CCC[C@@H]3Cc3ccco3)c2c(O)c1-c1c(C)cc2c(C(C)C)c(O)c(O)c(C=NN3[C@@H](Cc4ccco4)CC[C@H]3C)c2c1O. The molecule has 0 unspecified atom stereocenters. The monoisotopic (exact) mass is 828 g/mol. The molecule has 0 amide bonds. The van der Waals surface area contributed by atoms with E-state index in [1.165, 1.54) is 12.4 Å². The molecule has 0 saturated carbocycles. The smallest absolute Gasteiger partial charge is 0.167 e. The van der Waals surface area contributed by atoms with E-state index in [9.17, 15) is 30.6 Å². The number of hydrogen-bond donors (Lipinski definition) is 6. The van der Waals surface area contributed by atoms with Gasteiger partial charge >= 0.3 is 0 Å². The lowest BCUT2D eigenvalue weighted by Crippen LogP contribution is -2.31. The van der Waals surface area contributed by atoms with Crippen LogP contribution in [0.25, 0.3) is 32.7 Å². The second-order valence-corrected chi connectivity index (χ2v) is 17.5. The number of aryl methyl sites for hydroxylation is 2. The van der Waals surface area contributed by atoms with E-state index in [0.29, 0.717) is 63.5 Å². The fraction of sp³-hybridized carbons (Fsp3) is 0.388. The van der Waals surface area contributed by atoms with Gasteiger partial charge in [-0.15, -0.1) is 0 Å². The van der Waals surface area contributed by atoms with Gasteiger partial charge in [0, 0.05) is 58.5 Å². The lowest BCUT2D eigenvalue weighted by Gasteiger charge is -2.26. The summed E-state index contributed by atoms with van der Waals surface area (Å²) in [5.41, 5.74) is 3.02. The van der Waals surface area contributed by atoms with Crippen molar-refractivity contribution in [3.05, 3.63) is 93.8 Å². The van der Waals surface area contributed by atoms with Crippen molar-refractivity contribution in [2.75, 3.05) is 6.54 Å². The van der Waals surface area contributed by atoms with Crippen LogP contribution in [0, 0.1) is 13.8 Å². The van der Waals surface area contributed by atoms with Gasteiger partial charge in [0.05, 0.1) is 48.2 Å². The molecule has 2 aromatic heterocycles. The number of furan rings is 2. The van der Waals surface area contributed by atoms with E-state index < -0.39 is 11.5 Å². The lowest BCUT2D eigenvalue weighted by molar-refractivity contribution is 0.206. The summed E-state index contributed by atoms with van der Waals surface area (Å²) in [5, 5.41) is 87.0. The number of rotatable bonds is 11. The molecular formula is C49H56N4O8. The molecule has 2 aliphatic rings. The lowest BCUT2D eigenvalue weighted by atomic mass is 9.83. The molecule has 4 heterocycles.